The Balaban J connectivity index is 1.75. The van der Waals surface area contributed by atoms with Gasteiger partial charge in [-0.05, 0) is 30.7 Å². The van der Waals surface area contributed by atoms with Crippen LogP contribution in [0.3, 0.4) is 0 Å². The molecule has 0 fully saturated rings. The van der Waals surface area contributed by atoms with E-state index in [0.29, 0.717) is 5.56 Å². The Hall–Kier alpha value is -3.15. The minimum absolute atomic E-state index is 0.0124. The summed E-state index contributed by atoms with van der Waals surface area (Å²) in [6, 6.07) is 11.1. The number of para-hydroxylation sites is 1. The Kier molecular flexibility index (Phi) is 3.57. The highest BCUT2D eigenvalue weighted by molar-refractivity contribution is 6.21. The van der Waals surface area contributed by atoms with Crippen LogP contribution in [-0.4, -0.2) is 34.5 Å². The normalized spacial score (nSPS) is 13.2. The van der Waals surface area contributed by atoms with Gasteiger partial charge in [0.2, 0.25) is 0 Å². The summed E-state index contributed by atoms with van der Waals surface area (Å²) in [5.74, 6) is -2.00. The Morgan fingerprint density at radius 3 is 2.26 bits per heavy atom. The van der Waals surface area contributed by atoms with E-state index in [1.54, 1.807) is 43.3 Å². The fourth-order valence-corrected chi connectivity index (χ4v) is 2.38. The van der Waals surface area contributed by atoms with E-state index in [-0.39, 0.29) is 22.4 Å². The minimum Gasteiger partial charge on any atom is -0.507 e. The topological polar surface area (TPSA) is 83.9 Å². The van der Waals surface area contributed by atoms with Gasteiger partial charge in [-0.2, -0.15) is 0 Å². The summed E-state index contributed by atoms with van der Waals surface area (Å²) in [5, 5.41) is 9.86. The summed E-state index contributed by atoms with van der Waals surface area (Å²) in [5.41, 5.74) is 1.08. The van der Waals surface area contributed by atoms with Crippen LogP contribution in [-0.2, 0) is 4.74 Å². The van der Waals surface area contributed by atoms with Crippen molar-refractivity contribution in [2.45, 2.75) is 6.92 Å². The van der Waals surface area contributed by atoms with Gasteiger partial charge in [-0.3, -0.25) is 9.59 Å². The number of ether oxygens (including phenoxy) is 1. The molecule has 0 aliphatic carbocycles. The van der Waals surface area contributed by atoms with Crippen molar-refractivity contribution in [3.63, 3.8) is 0 Å². The smallest absolute Gasteiger partial charge is 0.343 e. The summed E-state index contributed by atoms with van der Waals surface area (Å²) in [4.78, 5) is 37.2. The molecule has 3 rings (SSSR count). The number of phenols is 1. The van der Waals surface area contributed by atoms with Gasteiger partial charge in [0.05, 0.1) is 11.1 Å². The number of rotatable bonds is 3. The molecule has 0 atom stereocenters. The van der Waals surface area contributed by atoms with Gasteiger partial charge in [0.1, 0.15) is 11.3 Å². The molecule has 1 aliphatic heterocycles. The number of phenolic OH excluding ortho intramolecular Hbond substituents is 1. The zero-order valence-electron chi connectivity index (χ0n) is 12.3. The number of hydrogen-bond donors (Lipinski definition) is 1. The van der Waals surface area contributed by atoms with E-state index < -0.39 is 24.5 Å². The fraction of sp³-hybridized carbons (Fsp3) is 0.118. The number of nitrogens with zero attached hydrogens (tertiary/aromatic N) is 1. The van der Waals surface area contributed by atoms with E-state index in [4.69, 9.17) is 4.74 Å². The van der Waals surface area contributed by atoms with Crippen LogP contribution in [0, 0.1) is 6.92 Å². The third-order valence-corrected chi connectivity index (χ3v) is 3.66. The Bertz CT molecular complexity index is 792. The lowest BCUT2D eigenvalue weighted by Gasteiger charge is -2.14. The van der Waals surface area contributed by atoms with Crippen LogP contribution in [0.1, 0.15) is 36.6 Å². The van der Waals surface area contributed by atoms with Gasteiger partial charge in [-0.1, -0.05) is 24.3 Å². The summed E-state index contributed by atoms with van der Waals surface area (Å²) in [7, 11) is 0. The van der Waals surface area contributed by atoms with Crippen LogP contribution in [0.15, 0.2) is 42.5 Å². The number of fused-ring (bicyclic) bond motifs is 1. The van der Waals surface area contributed by atoms with E-state index in [0.717, 1.165) is 4.90 Å². The molecule has 0 radical (unpaired) electrons. The number of imide groups is 1. The number of aromatic hydroxyl groups is 1. The molecule has 23 heavy (non-hydrogen) atoms. The molecule has 0 aromatic heterocycles. The zero-order valence-corrected chi connectivity index (χ0v) is 12.3. The van der Waals surface area contributed by atoms with Crippen molar-refractivity contribution in [3.05, 3.63) is 64.7 Å². The quantitative estimate of drug-likeness (QED) is 0.693. The summed E-state index contributed by atoms with van der Waals surface area (Å²) in [6.45, 7) is 1.15. The molecule has 0 saturated carbocycles. The Morgan fingerprint density at radius 2 is 1.65 bits per heavy atom. The monoisotopic (exact) mass is 311 g/mol. The third kappa shape index (κ3) is 2.44. The molecule has 1 N–H and O–H groups in total. The van der Waals surface area contributed by atoms with Crippen LogP contribution >= 0.6 is 0 Å². The lowest BCUT2D eigenvalue weighted by atomic mass is 10.1. The average molecular weight is 311 g/mol. The maximum Gasteiger partial charge on any atom is 0.343 e. The van der Waals surface area contributed by atoms with Crippen LogP contribution in [0.4, 0.5) is 0 Å². The molecule has 0 bridgehead atoms. The van der Waals surface area contributed by atoms with Gasteiger partial charge in [-0.25, -0.2) is 9.69 Å². The van der Waals surface area contributed by atoms with Crippen LogP contribution in [0.5, 0.6) is 5.75 Å². The lowest BCUT2D eigenvalue weighted by molar-refractivity contribution is 0.0226. The molecule has 1 heterocycles. The molecule has 6 nitrogen and oxygen atoms in total. The minimum atomic E-state index is -0.803. The van der Waals surface area contributed by atoms with E-state index in [1.165, 1.54) is 6.07 Å². The van der Waals surface area contributed by atoms with Gasteiger partial charge in [0.15, 0.2) is 6.73 Å². The largest absolute Gasteiger partial charge is 0.507 e. The standard InChI is InChI=1S/C17H13NO5/c1-10-5-4-8-13(14(10)19)17(22)23-9-18-15(20)11-6-2-3-7-12(11)16(18)21/h2-8,19H,9H2,1H3. The molecule has 1 aliphatic rings. The first kappa shape index (κ1) is 14.8. The molecule has 0 unspecified atom stereocenters. The lowest BCUT2D eigenvalue weighted by Crippen LogP contribution is -2.33. The number of carbonyl (C=O) groups is 3. The number of amides is 2. The highest BCUT2D eigenvalue weighted by atomic mass is 16.5. The molecule has 0 spiro atoms. The highest BCUT2D eigenvalue weighted by Crippen LogP contribution is 2.24. The molecule has 2 amide bonds. The summed E-state index contributed by atoms with van der Waals surface area (Å²) >= 11 is 0. The maximum atomic E-state index is 12.1. The molecule has 2 aromatic carbocycles. The number of esters is 1. The Labute approximate surface area is 131 Å². The van der Waals surface area contributed by atoms with Crippen LogP contribution in [0.2, 0.25) is 0 Å². The third-order valence-electron chi connectivity index (χ3n) is 3.66. The van der Waals surface area contributed by atoms with Crippen molar-refractivity contribution in [1.82, 2.24) is 4.90 Å². The Morgan fingerprint density at radius 1 is 1.04 bits per heavy atom. The SMILES string of the molecule is Cc1cccc(C(=O)OCN2C(=O)c3ccccc3C2=O)c1O. The summed E-state index contributed by atoms with van der Waals surface area (Å²) in [6.07, 6.45) is 0. The maximum absolute atomic E-state index is 12.1. The first-order valence-electron chi connectivity index (χ1n) is 6.91. The molecule has 6 heteroatoms. The van der Waals surface area contributed by atoms with E-state index in [9.17, 15) is 19.5 Å². The van der Waals surface area contributed by atoms with Crippen molar-refractivity contribution in [2.24, 2.45) is 0 Å². The van der Waals surface area contributed by atoms with E-state index >= 15 is 0 Å². The molecular formula is C17H13NO5. The van der Waals surface area contributed by atoms with Crippen LogP contribution < -0.4 is 0 Å². The van der Waals surface area contributed by atoms with Crippen molar-refractivity contribution >= 4 is 17.8 Å². The van der Waals surface area contributed by atoms with Crippen molar-refractivity contribution < 1.29 is 24.2 Å². The zero-order chi connectivity index (χ0) is 16.6. The molecule has 2 aromatic rings. The summed E-state index contributed by atoms with van der Waals surface area (Å²) < 4.78 is 5.01. The molecule has 116 valence electrons. The predicted molar refractivity (Wildman–Crippen MR) is 80.1 cm³/mol. The van der Waals surface area contributed by atoms with Crippen molar-refractivity contribution in [1.29, 1.82) is 0 Å². The molecule has 0 saturated heterocycles. The predicted octanol–water partition coefficient (Wildman–Crippen LogP) is 2.11. The van der Waals surface area contributed by atoms with Gasteiger partial charge in [0.25, 0.3) is 11.8 Å². The first-order valence-corrected chi connectivity index (χ1v) is 6.91. The van der Waals surface area contributed by atoms with Crippen LogP contribution in [0.25, 0.3) is 0 Å². The first-order chi connectivity index (χ1) is 11.0. The van der Waals surface area contributed by atoms with Gasteiger partial charge < -0.3 is 9.84 Å². The van der Waals surface area contributed by atoms with E-state index in [2.05, 4.69) is 0 Å². The second-order valence-corrected chi connectivity index (χ2v) is 5.12. The van der Waals surface area contributed by atoms with Gasteiger partial charge in [0, 0.05) is 0 Å². The van der Waals surface area contributed by atoms with Gasteiger partial charge in [-0.15, -0.1) is 0 Å². The molecular weight excluding hydrogens is 298 g/mol. The van der Waals surface area contributed by atoms with E-state index in [1.807, 2.05) is 0 Å². The fourth-order valence-electron chi connectivity index (χ4n) is 2.38. The van der Waals surface area contributed by atoms with Crippen molar-refractivity contribution in [3.8, 4) is 5.75 Å². The number of aryl methyl sites for hydroxylation is 1. The van der Waals surface area contributed by atoms with Crippen molar-refractivity contribution in [2.75, 3.05) is 6.73 Å². The second-order valence-electron chi connectivity index (χ2n) is 5.12. The number of hydrogen-bond acceptors (Lipinski definition) is 5. The second kappa shape index (κ2) is 5.57. The highest BCUT2D eigenvalue weighted by Gasteiger charge is 2.35. The van der Waals surface area contributed by atoms with Gasteiger partial charge >= 0.3 is 5.97 Å². The average Bonchev–Trinajstić information content (AvgIpc) is 2.80. The number of benzene rings is 2. The number of carbonyl (C=O) groups excluding carboxylic acids is 3.